The van der Waals surface area contributed by atoms with Gasteiger partial charge < -0.3 is 0 Å². The topological polar surface area (TPSA) is 84.6 Å². The first-order valence-corrected chi connectivity index (χ1v) is 8.84. The lowest BCUT2D eigenvalue weighted by molar-refractivity contribution is -0.384. The second kappa shape index (κ2) is 6.80. The summed E-state index contributed by atoms with van der Waals surface area (Å²) in [6, 6.07) is 13.7. The maximum Gasteiger partial charge on any atom is 0.269 e. The molecular formula is C20H19N3O3. The predicted octanol–water partition coefficient (Wildman–Crippen LogP) is 3.46. The Balaban J connectivity index is 1.77. The number of ketones is 1. The molecule has 26 heavy (non-hydrogen) atoms. The van der Waals surface area contributed by atoms with Crippen molar-refractivity contribution in [3.05, 3.63) is 75.3 Å². The van der Waals surface area contributed by atoms with Crippen LogP contribution in [-0.4, -0.2) is 29.1 Å². The van der Waals surface area contributed by atoms with Gasteiger partial charge >= 0.3 is 0 Å². The van der Waals surface area contributed by atoms with Crippen LogP contribution in [0.5, 0.6) is 0 Å². The normalized spacial score (nSPS) is 23.8. The number of piperidine rings is 1. The Morgan fingerprint density at radius 1 is 1.04 bits per heavy atom. The van der Waals surface area contributed by atoms with Gasteiger partial charge in [-0.25, -0.2) is 0 Å². The number of fused-ring (bicyclic) bond motifs is 1. The summed E-state index contributed by atoms with van der Waals surface area (Å²) in [7, 11) is 0. The lowest BCUT2D eigenvalue weighted by atomic mass is 9.93. The number of hydrogen-bond acceptors (Lipinski definition) is 5. The van der Waals surface area contributed by atoms with E-state index in [0.717, 1.165) is 42.6 Å². The van der Waals surface area contributed by atoms with E-state index in [1.165, 1.54) is 12.1 Å². The summed E-state index contributed by atoms with van der Waals surface area (Å²) in [4.78, 5) is 28.4. The van der Waals surface area contributed by atoms with Gasteiger partial charge in [0.2, 0.25) is 0 Å². The predicted molar refractivity (Wildman–Crippen MR) is 98.8 cm³/mol. The first kappa shape index (κ1) is 16.6. The fourth-order valence-corrected chi connectivity index (χ4v) is 3.71. The maximum absolute atomic E-state index is 13.0. The molecule has 2 atom stereocenters. The Kier molecular flexibility index (Phi) is 4.34. The molecule has 6 heteroatoms. The monoisotopic (exact) mass is 349 g/mol. The standard InChI is InChI=1S/C20H19N3O3/c24-20-16-6-2-1-5-15(16)19(22-17-7-3-4-12-21-17)18(20)13-8-10-14(11-9-13)23(25)26/h1-2,5-6,8-11,17-18,21H,3-4,7,12H2. The zero-order valence-corrected chi connectivity index (χ0v) is 14.2. The number of benzene rings is 2. The van der Waals surface area contributed by atoms with Gasteiger partial charge in [-0.3, -0.25) is 25.2 Å². The third-order valence-corrected chi connectivity index (χ3v) is 5.02. The third-order valence-electron chi connectivity index (χ3n) is 5.02. The van der Waals surface area contributed by atoms with Gasteiger partial charge in [-0.1, -0.05) is 36.4 Å². The molecule has 2 aliphatic rings. The molecule has 2 aromatic rings. The van der Waals surface area contributed by atoms with Gasteiger partial charge in [-0.2, -0.15) is 0 Å². The molecule has 1 aliphatic heterocycles. The van der Waals surface area contributed by atoms with E-state index in [2.05, 4.69) is 5.32 Å². The SMILES string of the molecule is O=C1c2ccccc2C(=NC2CCCCN2)C1c1ccc([N+](=O)[O-])cc1. The van der Waals surface area contributed by atoms with Gasteiger partial charge in [0.1, 0.15) is 0 Å². The smallest absolute Gasteiger partial charge is 0.269 e. The van der Waals surface area contributed by atoms with Crippen molar-refractivity contribution < 1.29 is 9.72 Å². The summed E-state index contributed by atoms with van der Waals surface area (Å²) in [5.41, 5.74) is 3.06. The van der Waals surface area contributed by atoms with E-state index >= 15 is 0 Å². The Morgan fingerprint density at radius 2 is 1.77 bits per heavy atom. The van der Waals surface area contributed by atoms with Crippen molar-refractivity contribution in [3.63, 3.8) is 0 Å². The van der Waals surface area contributed by atoms with Gasteiger partial charge in [0.25, 0.3) is 5.69 Å². The number of carbonyl (C=O) groups is 1. The quantitative estimate of drug-likeness (QED) is 0.679. The van der Waals surface area contributed by atoms with Crippen LogP contribution in [0.1, 0.15) is 46.7 Å². The van der Waals surface area contributed by atoms with Crippen LogP contribution in [-0.2, 0) is 0 Å². The molecule has 132 valence electrons. The summed E-state index contributed by atoms with van der Waals surface area (Å²) in [6.07, 6.45) is 3.22. The molecule has 1 saturated heterocycles. The minimum atomic E-state index is -0.503. The minimum Gasteiger partial charge on any atom is -0.296 e. The van der Waals surface area contributed by atoms with E-state index in [1.807, 2.05) is 24.3 Å². The van der Waals surface area contributed by atoms with E-state index in [9.17, 15) is 14.9 Å². The van der Waals surface area contributed by atoms with Crippen LogP contribution in [0.15, 0.2) is 53.5 Å². The van der Waals surface area contributed by atoms with Crippen LogP contribution in [0, 0.1) is 10.1 Å². The maximum atomic E-state index is 13.0. The van der Waals surface area contributed by atoms with Crippen LogP contribution in [0.2, 0.25) is 0 Å². The molecule has 1 heterocycles. The number of rotatable bonds is 3. The van der Waals surface area contributed by atoms with Gasteiger partial charge in [-0.05, 0) is 31.4 Å². The lowest BCUT2D eigenvalue weighted by Crippen LogP contribution is -2.33. The second-order valence-corrected chi connectivity index (χ2v) is 6.67. The molecule has 1 aliphatic carbocycles. The number of nitro benzene ring substituents is 1. The first-order chi connectivity index (χ1) is 12.6. The molecule has 0 amide bonds. The number of nitro groups is 1. The summed E-state index contributed by atoms with van der Waals surface area (Å²) in [5, 5.41) is 14.3. The number of nitrogens with one attached hydrogen (secondary N) is 1. The Morgan fingerprint density at radius 3 is 2.42 bits per heavy atom. The highest BCUT2D eigenvalue weighted by atomic mass is 16.6. The van der Waals surface area contributed by atoms with Crippen molar-refractivity contribution in [2.24, 2.45) is 4.99 Å². The molecule has 0 spiro atoms. The van der Waals surface area contributed by atoms with Crippen LogP contribution in [0.4, 0.5) is 5.69 Å². The molecule has 1 N–H and O–H groups in total. The van der Waals surface area contributed by atoms with E-state index < -0.39 is 10.8 Å². The van der Waals surface area contributed by atoms with Crippen LogP contribution >= 0.6 is 0 Å². The van der Waals surface area contributed by atoms with E-state index in [1.54, 1.807) is 12.1 Å². The number of nitrogens with zero attached hydrogens (tertiary/aromatic N) is 2. The number of Topliss-reactive ketones (excluding diaryl/α,β-unsaturated/α-hetero) is 1. The highest BCUT2D eigenvalue weighted by molar-refractivity contribution is 6.31. The number of aliphatic imine (C=N–C) groups is 1. The molecule has 2 unspecified atom stereocenters. The van der Waals surface area contributed by atoms with E-state index in [0.29, 0.717) is 5.56 Å². The highest BCUT2D eigenvalue weighted by Crippen LogP contribution is 2.35. The summed E-state index contributed by atoms with van der Waals surface area (Å²) in [5.74, 6) is -0.499. The van der Waals surface area contributed by atoms with Crippen molar-refractivity contribution in [2.45, 2.75) is 31.3 Å². The molecule has 0 radical (unpaired) electrons. The molecule has 6 nitrogen and oxygen atoms in total. The van der Waals surface area contributed by atoms with E-state index in [-0.39, 0.29) is 17.6 Å². The minimum absolute atomic E-state index is 0.00372. The van der Waals surface area contributed by atoms with Crippen molar-refractivity contribution >= 4 is 17.2 Å². The molecule has 4 rings (SSSR count). The zero-order valence-electron chi connectivity index (χ0n) is 14.2. The van der Waals surface area contributed by atoms with Gasteiger partial charge in [0.15, 0.2) is 5.78 Å². The third kappa shape index (κ3) is 2.93. The average molecular weight is 349 g/mol. The Bertz CT molecular complexity index is 883. The Hall–Kier alpha value is -2.86. The zero-order chi connectivity index (χ0) is 18.1. The lowest BCUT2D eigenvalue weighted by Gasteiger charge is -2.22. The van der Waals surface area contributed by atoms with Crippen molar-refractivity contribution in [1.29, 1.82) is 0 Å². The molecule has 0 aromatic heterocycles. The first-order valence-electron chi connectivity index (χ1n) is 8.84. The van der Waals surface area contributed by atoms with E-state index in [4.69, 9.17) is 4.99 Å². The summed E-state index contributed by atoms with van der Waals surface area (Å²) < 4.78 is 0. The van der Waals surface area contributed by atoms with Gasteiger partial charge in [-0.15, -0.1) is 0 Å². The molecular weight excluding hydrogens is 330 g/mol. The van der Waals surface area contributed by atoms with Crippen molar-refractivity contribution in [3.8, 4) is 0 Å². The fraction of sp³-hybridized carbons (Fsp3) is 0.300. The van der Waals surface area contributed by atoms with Gasteiger partial charge in [0.05, 0.1) is 22.7 Å². The molecule has 1 fully saturated rings. The van der Waals surface area contributed by atoms with Crippen LogP contribution in [0.25, 0.3) is 0 Å². The number of carbonyl (C=O) groups excluding carboxylic acids is 1. The second-order valence-electron chi connectivity index (χ2n) is 6.67. The largest absolute Gasteiger partial charge is 0.296 e. The fourth-order valence-electron chi connectivity index (χ4n) is 3.71. The summed E-state index contributed by atoms with van der Waals surface area (Å²) in [6.45, 7) is 0.930. The highest BCUT2D eigenvalue weighted by Gasteiger charge is 2.38. The van der Waals surface area contributed by atoms with Crippen molar-refractivity contribution in [1.82, 2.24) is 5.32 Å². The van der Waals surface area contributed by atoms with Crippen molar-refractivity contribution in [2.75, 3.05) is 6.54 Å². The average Bonchev–Trinajstić information content (AvgIpc) is 2.95. The molecule has 0 bridgehead atoms. The van der Waals surface area contributed by atoms with Crippen LogP contribution in [0.3, 0.4) is 0 Å². The molecule has 0 saturated carbocycles. The Labute approximate surface area is 151 Å². The van der Waals surface area contributed by atoms with Crippen LogP contribution < -0.4 is 5.32 Å². The molecule has 2 aromatic carbocycles. The number of non-ortho nitro benzene ring substituents is 1. The number of hydrogen-bond donors (Lipinski definition) is 1. The van der Waals surface area contributed by atoms with Gasteiger partial charge in [0, 0.05) is 23.3 Å². The summed E-state index contributed by atoms with van der Waals surface area (Å²) >= 11 is 0.